The predicted octanol–water partition coefficient (Wildman–Crippen LogP) is 2.66. The molecule has 1 rings (SSSR count). The second kappa shape index (κ2) is 5.52. The van der Waals surface area contributed by atoms with Crippen LogP contribution in [0, 0.1) is 17.7 Å². The molecule has 2 nitrogen and oxygen atoms in total. The molecular formula is C11H8BrFO2. The maximum atomic E-state index is 12.8. The van der Waals surface area contributed by atoms with Crippen LogP contribution in [0.2, 0.25) is 0 Å². The fraction of sp³-hybridized carbons (Fsp3) is 0.182. The Bertz CT molecular complexity index is 432. The van der Waals surface area contributed by atoms with Crippen molar-refractivity contribution in [1.82, 2.24) is 0 Å². The third-order valence-electron chi connectivity index (χ3n) is 1.65. The number of carboxylic acids is 1. The average molecular weight is 271 g/mol. The van der Waals surface area contributed by atoms with Crippen LogP contribution in [0.3, 0.4) is 0 Å². The number of carboxylic acid groups (broad SMARTS) is 1. The van der Waals surface area contributed by atoms with Gasteiger partial charge in [-0.3, -0.25) is 0 Å². The largest absolute Gasteiger partial charge is 0.478 e. The molecule has 0 heterocycles. The van der Waals surface area contributed by atoms with E-state index in [1.807, 2.05) is 0 Å². The smallest absolute Gasteiger partial charge is 0.337 e. The number of rotatable bonds is 2. The van der Waals surface area contributed by atoms with E-state index in [9.17, 15) is 9.18 Å². The van der Waals surface area contributed by atoms with Gasteiger partial charge in [-0.15, -0.1) is 0 Å². The summed E-state index contributed by atoms with van der Waals surface area (Å²) in [5, 5.41) is 9.53. The summed E-state index contributed by atoms with van der Waals surface area (Å²) in [6, 6.07) is 3.55. The topological polar surface area (TPSA) is 37.3 Å². The summed E-state index contributed by atoms with van der Waals surface area (Å²) in [7, 11) is 0. The molecule has 0 aliphatic carbocycles. The summed E-state index contributed by atoms with van der Waals surface area (Å²) >= 11 is 3.20. The molecule has 0 saturated carbocycles. The van der Waals surface area contributed by atoms with Gasteiger partial charge in [0.05, 0.1) is 5.56 Å². The quantitative estimate of drug-likeness (QED) is 0.663. The first kappa shape index (κ1) is 11.7. The van der Waals surface area contributed by atoms with Gasteiger partial charge >= 0.3 is 5.97 Å². The first-order valence-corrected chi connectivity index (χ1v) is 5.35. The lowest BCUT2D eigenvalue weighted by atomic mass is 10.1. The molecule has 1 N–H and O–H groups in total. The summed E-state index contributed by atoms with van der Waals surface area (Å²) in [5.41, 5.74) is 0.238. The lowest BCUT2D eigenvalue weighted by Gasteiger charge is -1.98. The highest BCUT2D eigenvalue weighted by Gasteiger charge is 2.09. The Morgan fingerprint density at radius 1 is 1.53 bits per heavy atom. The van der Waals surface area contributed by atoms with Crippen LogP contribution >= 0.6 is 15.9 Å². The second-order valence-corrected chi connectivity index (χ2v) is 3.53. The summed E-state index contributed by atoms with van der Waals surface area (Å²) in [4.78, 5) is 10.8. The van der Waals surface area contributed by atoms with Gasteiger partial charge in [0.2, 0.25) is 0 Å². The van der Waals surface area contributed by atoms with E-state index in [-0.39, 0.29) is 5.56 Å². The van der Waals surface area contributed by atoms with Gasteiger partial charge < -0.3 is 5.11 Å². The number of benzene rings is 1. The van der Waals surface area contributed by atoms with Gasteiger partial charge in [-0.2, -0.15) is 0 Å². The van der Waals surface area contributed by atoms with Crippen LogP contribution in [0.25, 0.3) is 0 Å². The number of hydrogen-bond donors (Lipinski definition) is 1. The molecule has 0 aliphatic heterocycles. The summed E-state index contributed by atoms with van der Waals surface area (Å²) in [6.45, 7) is 0. The molecule has 15 heavy (non-hydrogen) atoms. The highest BCUT2D eigenvalue weighted by molar-refractivity contribution is 9.09. The molecule has 0 aliphatic rings. The molecule has 0 fully saturated rings. The maximum absolute atomic E-state index is 12.8. The molecule has 0 spiro atoms. The standard InChI is InChI=1S/C11H8BrFO2/c12-6-2-1-3-8-4-5-9(13)7-10(8)11(14)15/h4-5,7H,2,6H2,(H,14,15). The molecule has 0 saturated heterocycles. The minimum Gasteiger partial charge on any atom is -0.478 e. The molecule has 1 aromatic carbocycles. The molecule has 0 bridgehead atoms. The van der Waals surface area contributed by atoms with Gasteiger partial charge in [0.25, 0.3) is 0 Å². The fourth-order valence-corrected chi connectivity index (χ4v) is 1.21. The molecule has 0 unspecified atom stereocenters. The first-order chi connectivity index (χ1) is 7.15. The van der Waals surface area contributed by atoms with E-state index in [0.29, 0.717) is 12.0 Å². The van der Waals surface area contributed by atoms with Crippen LogP contribution < -0.4 is 0 Å². The lowest BCUT2D eigenvalue weighted by molar-refractivity contribution is 0.0696. The molecule has 78 valence electrons. The van der Waals surface area contributed by atoms with Crippen molar-refractivity contribution in [2.75, 3.05) is 5.33 Å². The van der Waals surface area contributed by atoms with Crippen molar-refractivity contribution in [2.45, 2.75) is 6.42 Å². The minimum absolute atomic E-state index is 0.0999. The molecule has 0 radical (unpaired) electrons. The van der Waals surface area contributed by atoms with E-state index < -0.39 is 11.8 Å². The Morgan fingerprint density at radius 3 is 2.87 bits per heavy atom. The second-order valence-electron chi connectivity index (χ2n) is 2.74. The van der Waals surface area contributed by atoms with Crippen LogP contribution in [0.5, 0.6) is 0 Å². The van der Waals surface area contributed by atoms with Crippen molar-refractivity contribution >= 4 is 21.9 Å². The van der Waals surface area contributed by atoms with Crippen LogP contribution in [0.4, 0.5) is 4.39 Å². The summed E-state index contributed by atoms with van der Waals surface area (Å²) in [5.74, 6) is 3.74. The van der Waals surface area contributed by atoms with E-state index in [1.54, 1.807) is 0 Å². The average Bonchev–Trinajstić information content (AvgIpc) is 2.20. The van der Waals surface area contributed by atoms with Crippen LogP contribution in [0.1, 0.15) is 22.3 Å². The predicted molar refractivity (Wildman–Crippen MR) is 58.6 cm³/mol. The van der Waals surface area contributed by atoms with Gasteiger partial charge in [-0.05, 0) is 18.2 Å². The monoisotopic (exact) mass is 270 g/mol. The van der Waals surface area contributed by atoms with Gasteiger partial charge in [0, 0.05) is 17.3 Å². The lowest BCUT2D eigenvalue weighted by Crippen LogP contribution is -2.00. The van der Waals surface area contributed by atoms with Gasteiger partial charge in [0.1, 0.15) is 5.82 Å². The Hall–Kier alpha value is -1.34. The van der Waals surface area contributed by atoms with Crippen molar-refractivity contribution in [3.63, 3.8) is 0 Å². The van der Waals surface area contributed by atoms with E-state index in [4.69, 9.17) is 5.11 Å². The SMILES string of the molecule is O=C(O)c1cc(F)ccc1C#CCCBr. The number of hydrogen-bond acceptors (Lipinski definition) is 1. The van der Waals surface area contributed by atoms with E-state index in [0.717, 1.165) is 11.4 Å². The Balaban J connectivity index is 3.08. The summed E-state index contributed by atoms with van der Waals surface area (Å²) < 4.78 is 12.8. The zero-order valence-corrected chi connectivity index (χ0v) is 9.34. The highest BCUT2D eigenvalue weighted by atomic mass is 79.9. The normalized spacial score (nSPS) is 9.20. The Kier molecular flexibility index (Phi) is 4.32. The van der Waals surface area contributed by atoms with E-state index >= 15 is 0 Å². The highest BCUT2D eigenvalue weighted by Crippen LogP contribution is 2.10. The third-order valence-corrected chi connectivity index (χ3v) is 2.05. The minimum atomic E-state index is -1.17. The van der Waals surface area contributed by atoms with Crippen molar-refractivity contribution in [2.24, 2.45) is 0 Å². The molecule has 0 aromatic heterocycles. The summed E-state index contributed by atoms with van der Waals surface area (Å²) in [6.07, 6.45) is 0.621. The van der Waals surface area contributed by atoms with Crippen molar-refractivity contribution in [1.29, 1.82) is 0 Å². The maximum Gasteiger partial charge on any atom is 0.337 e. The third kappa shape index (κ3) is 3.37. The zero-order chi connectivity index (χ0) is 11.3. The Morgan fingerprint density at radius 2 is 2.27 bits per heavy atom. The molecular weight excluding hydrogens is 263 g/mol. The van der Waals surface area contributed by atoms with Gasteiger partial charge in [-0.1, -0.05) is 27.8 Å². The molecule has 0 atom stereocenters. The van der Waals surface area contributed by atoms with Crippen LogP contribution in [0.15, 0.2) is 18.2 Å². The number of aromatic carboxylic acids is 1. The number of halogens is 2. The van der Waals surface area contributed by atoms with E-state index in [2.05, 4.69) is 27.8 Å². The first-order valence-electron chi connectivity index (χ1n) is 4.23. The van der Waals surface area contributed by atoms with Gasteiger partial charge in [-0.25, -0.2) is 9.18 Å². The fourth-order valence-electron chi connectivity index (χ4n) is 1.01. The van der Waals surface area contributed by atoms with E-state index in [1.165, 1.54) is 12.1 Å². The van der Waals surface area contributed by atoms with Crippen molar-refractivity contribution < 1.29 is 14.3 Å². The number of carbonyl (C=O) groups is 1. The molecule has 1 aromatic rings. The Labute approximate surface area is 95.2 Å². The van der Waals surface area contributed by atoms with Crippen molar-refractivity contribution in [3.05, 3.63) is 35.1 Å². The number of alkyl halides is 1. The molecule has 0 amide bonds. The van der Waals surface area contributed by atoms with Crippen LogP contribution in [-0.2, 0) is 0 Å². The molecule has 4 heteroatoms. The van der Waals surface area contributed by atoms with Crippen molar-refractivity contribution in [3.8, 4) is 11.8 Å². The van der Waals surface area contributed by atoms with Gasteiger partial charge in [0.15, 0.2) is 0 Å². The van der Waals surface area contributed by atoms with Crippen LogP contribution in [-0.4, -0.2) is 16.4 Å². The zero-order valence-electron chi connectivity index (χ0n) is 7.76.